The number of aryl methyl sites for hydroxylation is 1. The highest BCUT2D eigenvalue weighted by Crippen LogP contribution is 2.15. The Hall–Kier alpha value is -1.39. The third-order valence-corrected chi connectivity index (χ3v) is 2.69. The van der Waals surface area contributed by atoms with E-state index >= 15 is 0 Å². The van der Waals surface area contributed by atoms with Gasteiger partial charge < -0.3 is 5.32 Å². The van der Waals surface area contributed by atoms with Crippen LogP contribution in [0.2, 0.25) is 5.02 Å². The van der Waals surface area contributed by atoms with Crippen molar-refractivity contribution < 1.29 is 4.39 Å². The predicted octanol–water partition coefficient (Wildman–Crippen LogP) is 2.50. The first-order valence-electron chi connectivity index (χ1n) is 5.28. The van der Waals surface area contributed by atoms with E-state index in [1.165, 1.54) is 6.07 Å². The maximum absolute atomic E-state index is 13.2. The lowest BCUT2D eigenvalue weighted by molar-refractivity contribution is 0.618. The molecule has 0 aliphatic carbocycles. The standard InChI is InChI=1S/C12H13ClFN3/c1-17-5-4-10(16-17)8-15-7-9-2-3-11(13)12(14)6-9/h2-6,15H,7-8H2,1H3. The molecule has 0 saturated carbocycles. The van der Waals surface area contributed by atoms with Gasteiger partial charge in [0.15, 0.2) is 0 Å². The van der Waals surface area contributed by atoms with Crippen LogP contribution in [0.25, 0.3) is 0 Å². The van der Waals surface area contributed by atoms with Crippen molar-refractivity contribution >= 4 is 11.6 Å². The number of hydrogen-bond acceptors (Lipinski definition) is 2. The van der Waals surface area contributed by atoms with Crippen molar-refractivity contribution in [3.63, 3.8) is 0 Å². The fourth-order valence-electron chi connectivity index (χ4n) is 1.54. The van der Waals surface area contributed by atoms with Crippen LogP contribution in [-0.2, 0) is 20.1 Å². The van der Waals surface area contributed by atoms with Crippen LogP contribution in [0.3, 0.4) is 0 Å². The lowest BCUT2D eigenvalue weighted by Crippen LogP contribution is -2.13. The highest BCUT2D eigenvalue weighted by atomic mass is 35.5. The van der Waals surface area contributed by atoms with E-state index in [-0.39, 0.29) is 10.8 Å². The third kappa shape index (κ3) is 3.28. The molecule has 0 atom stereocenters. The van der Waals surface area contributed by atoms with Crippen LogP contribution < -0.4 is 5.32 Å². The van der Waals surface area contributed by atoms with Gasteiger partial charge in [0.2, 0.25) is 0 Å². The van der Waals surface area contributed by atoms with Crippen molar-refractivity contribution in [1.29, 1.82) is 0 Å². The molecule has 3 nitrogen and oxygen atoms in total. The van der Waals surface area contributed by atoms with Crippen LogP contribution in [0.4, 0.5) is 4.39 Å². The largest absolute Gasteiger partial charge is 0.307 e. The summed E-state index contributed by atoms with van der Waals surface area (Å²) >= 11 is 5.61. The molecule has 0 aliphatic rings. The molecule has 0 radical (unpaired) electrons. The van der Waals surface area contributed by atoms with E-state index in [0.717, 1.165) is 11.3 Å². The second-order valence-corrected chi connectivity index (χ2v) is 4.24. The van der Waals surface area contributed by atoms with Gasteiger partial charge in [-0.25, -0.2) is 4.39 Å². The summed E-state index contributed by atoms with van der Waals surface area (Å²) in [7, 11) is 1.87. The topological polar surface area (TPSA) is 29.9 Å². The van der Waals surface area contributed by atoms with Crippen LogP contribution in [0.5, 0.6) is 0 Å². The van der Waals surface area contributed by atoms with Crippen LogP contribution in [-0.4, -0.2) is 9.78 Å². The van der Waals surface area contributed by atoms with E-state index in [1.807, 2.05) is 19.3 Å². The van der Waals surface area contributed by atoms with Gasteiger partial charge in [0, 0.05) is 26.3 Å². The molecule has 1 N–H and O–H groups in total. The summed E-state index contributed by atoms with van der Waals surface area (Å²) in [5, 5.41) is 7.58. The average molecular weight is 254 g/mol. The highest BCUT2D eigenvalue weighted by Gasteiger charge is 2.01. The summed E-state index contributed by atoms with van der Waals surface area (Å²) < 4.78 is 14.9. The normalized spacial score (nSPS) is 10.8. The van der Waals surface area contributed by atoms with E-state index in [9.17, 15) is 4.39 Å². The maximum Gasteiger partial charge on any atom is 0.142 e. The molecule has 0 aliphatic heterocycles. The Labute approximate surface area is 104 Å². The summed E-state index contributed by atoms with van der Waals surface area (Å²) in [4.78, 5) is 0. The molecule has 0 bridgehead atoms. The molecule has 0 spiro atoms. The zero-order chi connectivity index (χ0) is 12.3. The number of benzene rings is 1. The van der Waals surface area contributed by atoms with Crippen LogP contribution in [0.1, 0.15) is 11.3 Å². The Morgan fingerprint density at radius 3 is 2.82 bits per heavy atom. The quantitative estimate of drug-likeness (QED) is 0.907. The smallest absolute Gasteiger partial charge is 0.142 e. The maximum atomic E-state index is 13.2. The summed E-state index contributed by atoms with van der Waals surface area (Å²) in [6.07, 6.45) is 1.89. The molecule has 1 aromatic heterocycles. The molecular weight excluding hydrogens is 241 g/mol. The van der Waals surface area contributed by atoms with Gasteiger partial charge >= 0.3 is 0 Å². The summed E-state index contributed by atoms with van der Waals surface area (Å²) in [5.41, 5.74) is 1.82. The minimum absolute atomic E-state index is 0.151. The second-order valence-electron chi connectivity index (χ2n) is 3.83. The van der Waals surface area contributed by atoms with Gasteiger partial charge in [-0.1, -0.05) is 17.7 Å². The Bertz CT molecular complexity index is 510. The fourth-order valence-corrected chi connectivity index (χ4v) is 1.66. The molecule has 0 fully saturated rings. The second kappa shape index (κ2) is 5.29. The minimum Gasteiger partial charge on any atom is -0.307 e. The van der Waals surface area contributed by atoms with E-state index in [1.54, 1.807) is 16.8 Å². The van der Waals surface area contributed by atoms with Crippen LogP contribution >= 0.6 is 11.6 Å². The Balaban J connectivity index is 1.87. The average Bonchev–Trinajstić information content (AvgIpc) is 2.70. The molecule has 1 heterocycles. The van der Waals surface area contributed by atoms with E-state index in [4.69, 9.17) is 11.6 Å². The van der Waals surface area contributed by atoms with Gasteiger partial charge in [-0.3, -0.25) is 4.68 Å². The number of halogens is 2. The third-order valence-electron chi connectivity index (χ3n) is 2.39. The SMILES string of the molecule is Cn1ccc(CNCc2ccc(Cl)c(F)c2)n1. The molecule has 2 rings (SSSR count). The van der Waals surface area contributed by atoms with Crippen molar-refractivity contribution in [3.05, 3.63) is 52.6 Å². The lowest BCUT2D eigenvalue weighted by Gasteiger charge is -2.04. The zero-order valence-corrected chi connectivity index (χ0v) is 10.2. The van der Waals surface area contributed by atoms with E-state index < -0.39 is 0 Å². The monoisotopic (exact) mass is 253 g/mol. The van der Waals surface area contributed by atoms with Gasteiger partial charge in [-0.15, -0.1) is 0 Å². The molecule has 2 aromatic rings. The first kappa shape index (κ1) is 12.1. The van der Waals surface area contributed by atoms with Crippen LogP contribution in [0.15, 0.2) is 30.5 Å². The molecule has 0 unspecified atom stereocenters. The lowest BCUT2D eigenvalue weighted by atomic mass is 10.2. The van der Waals surface area contributed by atoms with Crippen molar-refractivity contribution in [2.45, 2.75) is 13.1 Å². The fraction of sp³-hybridized carbons (Fsp3) is 0.250. The van der Waals surface area contributed by atoms with Crippen molar-refractivity contribution in [2.75, 3.05) is 0 Å². The Morgan fingerprint density at radius 2 is 2.18 bits per heavy atom. The number of rotatable bonds is 4. The van der Waals surface area contributed by atoms with Gasteiger partial charge in [-0.2, -0.15) is 5.10 Å². The van der Waals surface area contributed by atoms with Crippen molar-refractivity contribution in [1.82, 2.24) is 15.1 Å². The van der Waals surface area contributed by atoms with Gasteiger partial charge in [0.25, 0.3) is 0 Å². The first-order valence-corrected chi connectivity index (χ1v) is 5.66. The minimum atomic E-state index is -0.385. The van der Waals surface area contributed by atoms with E-state index in [2.05, 4.69) is 10.4 Å². The molecule has 17 heavy (non-hydrogen) atoms. The van der Waals surface area contributed by atoms with Gasteiger partial charge in [0.05, 0.1) is 10.7 Å². The summed E-state index contributed by atoms with van der Waals surface area (Å²) in [5.74, 6) is -0.385. The Morgan fingerprint density at radius 1 is 1.35 bits per heavy atom. The van der Waals surface area contributed by atoms with Crippen molar-refractivity contribution in [3.8, 4) is 0 Å². The number of hydrogen-bond donors (Lipinski definition) is 1. The highest BCUT2D eigenvalue weighted by molar-refractivity contribution is 6.30. The van der Waals surface area contributed by atoms with Crippen molar-refractivity contribution in [2.24, 2.45) is 7.05 Å². The van der Waals surface area contributed by atoms with Gasteiger partial charge in [0.1, 0.15) is 5.82 Å². The molecule has 5 heteroatoms. The first-order chi connectivity index (χ1) is 8.15. The number of nitrogens with one attached hydrogen (secondary N) is 1. The molecule has 90 valence electrons. The zero-order valence-electron chi connectivity index (χ0n) is 9.45. The molecule has 1 aromatic carbocycles. The summed E-state index contributed by atoms with van der Waals surface area (Å²) in [6.45, 7) is 1.25. The summed E-state index contributed by atoms with van der Waals surface area (Å²) in [6, 6.07) is 6.74. The molecule has 0 saturated heterocycles. The number of aromatic nitrogens is 2. The van der Waals surface area contributed by atoms with E-state index in [0.29, 0.717) is 13.1 Å². The Kier molecular flexibility index (Phi) is 3.76. The molecule has 0 amide bonds. The molecular formula is C12H13ClFN3. The van der Waals surface area contributed by atoms with Gasteiger partial charge in [-0.05, 0) is 23.8 Å². The van der Waals surface area contributed by atoms with Crippen LogP contribution in [0, 0.1) is 5.82 Å². The number of nitrogens with zero attached hydrogens (tertiary/aromatic N) is 2. The predicted molar refractivity (Wildman–Crippen MR) is 65.2 cm³/mol.